The van der Waals surface area contributed by atoms with E-state index in [1.165, 1.54) is 36.8 Å². The second kappa shape index (κ2) is 7.85. The molecule has 1 N–H and O–H groups in total. The van der Waals surface area contributed by atoms with Crippen molar-refractivity contribution in [2.45, 2.75) is 45.6 Å². The standard InChI is InChI=1S/C22H29NO/c1-22(2)14-6-9-20(17-22)23-15-16-24-21-12-10-19(11-13-21)18-7-4-3-5-8-18/h3-5,7-8,10-13,20,23H,6,9,14-17H2,1-2H3. The van der Waals surface area contributed by atoms with Crippen LogP contribution >= 0.6 is 0 Å². The molecule has 2 heteroatoms. The van der Waals surface area contributed by atoms with Crippen molar-refractivity contribution >= 4 is 0 Å². The largest absolute Gasteiger partial charge is 0.492 e. The summed E-state index contributed by atoms with van der Waals surface area (Å²) in [5, 5.41) is 3.66. The van der Waals surface area contributed by atoms with Crippen molar-refractivity contribution in [1.29, 1.82) is 0 Å². The Morgan fingerprint density at radius 3 is 2.42 bits per heavy atom. The molecular weight excluding hydrogens is 294 g/mol. The van der Waals surface area contributed by atoms with Gasteiger partial charge in [0.25, 0.3) is 0 Å². The van der Waals surface area contributed by atoms with E-state index >= 15 is 0 Å². The van der Waals surface area contributed by atoms with Crippen LogP contribution in [0.1, 0.15) is 39.5 Å². The summed E-state index contributed by atoms with van der Waals surface area (Å²) >= 11 is 0. The smallest absolute Gasteiger partial charge is 0.119 e. The summed E-state index contributed by atoms with van der Waals surface area (Å²) in [6, 6.07) is 19.5. The first-order valence-corrected chi connectivity index (χ1v) is 9.14. The molecule has 1 atom stereocenters. The number of hydrogen-bond acceptors (Lipinski definition) is 2. The zero-order valence-electron chi connectivity index (χ0n) is 14.9. The van der Waals surface area contributed by atoms with Crippen LogP contribution in [0.15, 0.2) is 54.6 Å². The molecule has 1 unspecified atom stereocenters. The molecule has 1 saturated carbocycles. The molecule has 128 valence electrons. The first-order valence-electron chi connectivity index (χ1n) is 9.14. The van der Waals surface area contributed by atoms with Gasteiger partial charge in [-0.05, 0) is 47.9 Å². The normalized spacial score (nSPS) is 19.8. The Morgan fingerprint density at radius 2 is 1.71 bits per heavy atom. The summed E-state index contributed by atoms with van der Waals surface area (Å²) in [4.78, 5) is 0. The van der Waals surface area contributed by atoms with Crippen molar-refractivity contribution in [3.8, 4) is 16.9 Å². The molecular formula is C22H29NO. The molecule has 1 aliphatic carbocycles. The Bertz CT molecular complexity index is 618. The van der Waals surface area contributed by atoms with E-state index in [0.29, 0.717) is 11.5 Å². The van der Waals surface area contributed by atoms with Gasteiger partial charge in [-0.1, -0.05) is 62.7 Å². The average Bonchev–Trinajstić information content (AvgIpc) is 2.59. The summed E-state index contributed by atoms with van der Waals surface area (Å²) in [5.74, 6) is 0.945. The molecule has 0 aromatic heterocycles. The summed E-state index contributed by atoms with van der Waals surface area (Å²) in [6.07, 6.45) is 5.27. The van der Waals surface area contributed by atoms with Crippen LogP contribution in [0.25, 0.3) is 11.1 Å². The highest BCUT2D eigenvalue weighted by Crippen LogP contribution is 2.34. The third kappa shape index (κ3) is 4.85. The maximum absolute atomic E-state index is 5.88. The van der Waals surface area contributed by atoms with Crippen molar-refractivity contribution in [1.82, 2.24) is 5.32 Å². The molecule has 0 bridgehead atoms. The fourth-order valence-corrected chi connectivity index (χ4v) is 3.68. The minimum atomic E-state index is 0.490. The fraction of sp³-hybridized carbons (Fsp3) is 0.455. The average molecular weight is 323 g/mol. The predicted octanol–water partition coefficient (Wildman–Crippen LogP) is 5.29. The van der Waals surface area contributed by atoms with Gasteiger partial charge in [-0.25, -0.2) is 0 Å². The second-order valence-electron chi connectivity index (χ2n) is 7.65. The van der Waals surface area contributed by atoms with E-state index in [4.69, 9.17) is 4.74 Å². The minimum Gasteiger partial charge on any atom is -0.492 e. The van der Waals surface area contributed by atoms with E-state index in [0.717, 1.165) is 18.9 Å². The van der Waals surface area contributed by atoms with Crippen LogP contribution in [-0.2, 0) is 0 Å². The highest BCUT2D eigenvalue weighted by atomic mass is 16.5. The molecule has 0 radical (unpaired) electrons. The van der Waals surface area contributed by atoms with Gasteiger partial charge in [0.15, 0.2) is 0 Å². The summed E-state index contributed by atoms with van der Waals surface area (Å²) in [7, 11) is 0. The zero-order chi connectivity index (χ0) is 16.8. The van der Waals surface area contributed by atoms with E-state index in [1.807, 2.05) is 6.07 Å². The molecule has 0 saturated heterocycles. The van der Waals surface area contributed by atoms with Gasteiger partial charge in [-0.2, -0.15) is 0 Å². The van der Waals surface area contributed by atoms with Gasteiger partial charge in [-0.3, -0.25) is 0 Å². The van der Waals surface area contributed by atoms with Crippen LogP contribution in [0.2, 0.25) is 0 Å². The van der Waals surface area contributed by atoms with Crippen LogP contribution in [-0.4, -0.2) is 19.2 Å². The van der Waals surface area contributed by atoms with Gasteiger partial charge in [0.05, 0.1) is 0 Å². The molecule has 0 heterocycles. The van der Waals surface area contributed by atoms with Gasteiger partial charge in [-0.15, -0.1) is 0 Å². The van der Waals surface area contributed by atoms with Crippen molar-refractivity contribution in [3.05, 3.63) is 54.6 Å². The molecule has 3 rings (SSSR count). The van der Waals surface area contributed by atoms with Crippen LogP contribution in [0, 0.1) is 5.41 Å². The Kier molecular flexibility index (Phi) is 5.57. The molecule has 1 fully saturated rings. The van der Waals surface area contributed by atoms with E-state index in [9.17, 15) is 0 Å². The lowest BCUT2D eigenvalue weighted by Crippen LogP contribution is -2.39. The molecule has 0 amide bonds. The van der Waals surface area contributed by atoms with Gasteiger partial charge in [0.1, 0.15) is 12.4 Å². The maximum atomic E-state index is 5.88. The van der Waals surface area contributed by atoms with Crippen molar-refractivity contribution in [2.24, 2.45) is 5.41 Å². The molecule has 1 aliphatic rings. The molecule has 2 nitrogen and oxygen atoms in total. The monoisotopic (exact) mass is 323 g/mol. The van der Waals surface area contributed by atoms with Crippen molar-refractivity contribution in [3.63, 3.8) is 0 Å². The number of rotatable bonds is 6. The molecule has 24 heavy (non-hydrogen) atoms. The van der Waals surface area contributed by atoms with Crippen LogP contribution in [0.4, 0.5) is 0 Å². The first kappa shape index (κ1) is 17.0. The maximum Gasteiger partial charge on any atom is 0.119 e. The van der Waals surface area contributed by atoms with Crippen LogP contribution < -0.4 is 10.1 Å². The SMILES string of the molecule is CC1(C)CCCC(NCCOc2ccc(-c3ccccc3)cc2)C1. The lowest BCUT2D eigenvalue weighted by Gasteiger charge is -2.35. The van der Waals surface area contributed by atoms with E-state index < -0.39 is 0 Å². The Labute approximate surface area is 146 Å². The lowest BCUT2D eigenvalue weighted by atomic mass is 9.75. The third-order valence-corrected chi connectivity index (χ3v) is 4.97. The summed E-state index contributed by atoms with van der Waals surface area (Å²) in [6.45, 7) is 6.40. The predicted molar refractivity (Wildman–Crippen MR) is 101 cm³/mol. The van der Waals surface area contributed by atoms with Gasteiger partial charge in [0.2, 0.25) is 0 Å². The first-order chi connectivity index (χ1) is 11.6. The minimum absolute atomic E-state index is 0.490. The second-order valence-corrected chi connectivity index (χ2v) is 7.65. The quantitative estimate of drug-likeness (QED) is 0.729. The van der Waals surface area contributed by atoms with Crippen LogP contribution in [0.5, 0.6) is 5.75 Å². The number of hydrogen-bond donors (Lipinski definition) is 1. The van der Waals surface area contributed by atoms with Gasteiger partial charge >= 0.3 is 0 Å². The number of benzene rings is 2. The molecule has 0 aliphatic heterocycles. The Hall–Kier alpha value is -1.80. The van der Waals surface area contributed by atoms with Crippen molar-refractivity contribution in [2.75, 3.05) is 13.2 Å². The van der Waals surface area contributed by atoms with E-state index in [1.54, 1.807) is 0 Å². The lowest BCUT2D eigenvalue weighted by molar-refractivity contribution is 0.192. The van der Waals surface area contributed by atoms with Gasteiger partial charge < -0.3 is 10.1 Å². The van der Waals surface area contributed by atoms with Gasteiger partial charge in [0, 0.05) is 12.6 Å². The molecule has 0 spiro atoms. The summed E-state index contributed by atoms with van der Waals surface area (Å²) in [5.41, 5.74) is 2.96. The number of nitrogens with one attached hydrogen (secondary N) is 1. The zero-order valence-corrected chi connectivity index (χ0v) is 14.9. The van der Waals surface area contributed by atoms with E-state index in [-0.39, 0.29) is 0 Å². The molecule has 2 aromatic carbocycles. The Balaban J connectivity index is 1.42. The third-order valence-electron chi connectivity index (χ3n) is 4.97. The summed E-state index contributed by atoms with van der Waals surface area (Å²) < 4.78 is 5.88. The highest BCUT2D eigenvalue weighted by Gasteiger charge is 2.27. The fourth-order valence-electron chi connectivity index (χ4n) is 3.68. The Morgan fingerprint density at radius 1 is 1.00 bits per heavy atom. The highest BCUT2D eigenvalue weighted by molar-refractivity contribution is 5.63. The van der Waals surface area contributed by atoms with E-state index in [2.05, 4.69) is 67.7 Å². The molecule has 2 aromatic rings. The van der Waals surface area contributed by atoms with Crippen LogP contribution in [0.3, 0.4) is 0 Å². The number of ether oxygens (including phenoxy) is 1. The topological polar surface area (TPSA) is 21.3 Å². The van der Waals surface area contributed by atoms with Crippen molar-refractivity contribution < 1.29 is 4.74 Å².